The van der Waals surface area contributed by atoms with E-state index in [4.69, 9.17) is 0 Å². The number of esters is 1. The highest BCUT2D eigenvalue weighted by molar-refractivity contribution is 6.00. The largest absolute Gasteiger partial charge is 0.509 e. The summed E-state index contributed by atoms with van der Waals surface area (Å²) >= 11 is 0. The summed E-state index contributed by atoms with van der Waals surface area (Å²) in [5.74, 6) is -2.13. The second-order valence-electron chi connectivity index (χ2n) is 4.48. The molecule has 0 aromatic heterocycles. The van der Waals surface area contributed by atoms with Crippen molar-refractivity contribution in [2.24, 2.45) is 11.8 Å². The van der Waals surface area contributed by atoms with Crippen molar-refractivity contribution in [3.8, 4) is 0 Å². The Morgan fingerprint density at radius 1 is 1.53 bits per heavy atom. The molecule has 0 spiro atoms. The first-order valence-corrected chi connectivity index (χ1v) is 5.44. The molecule has 1 fully saturated rings. The average Bonchev–Trinajstić information content (AvgIpc) is 2.49. The number of aliphatic hydroxyl groups excluding tert-OH is 2. The van der Waals surface area contributed by atoms with E-state index in [0.29, 0.717) is 0 Å². The zero-order valence-electron chi connectivity index (χ0n) is 9.88. The van der Waals surface area contributed by atoms with Gasteiger partial charge in [0.05, 0.1) is 25.2 Å². The Morgan fingerprint density at radius 3 is 2.59 bits per heavy atom. The lowest BCUT2D eigenvalue weighted by molar-refractivity contribution is -0.163. The molecule has 2 aliphatic rings. The van der Waals surface area contributed by atoms with Crippen LogP contribution in [0.4, 0.5) is 0 Å². The third-order valence-corrected chi connectivity index (χ3v) is 3.51. The third-order valence-electron chi connectivity index (χ3n) is 3.51. The summed E-state index contributed by atoms with van der Waals surface area (Å²) in [6.45, 7) is 3.24. The molecule has 1 amide bonds. The molecule has 1 saturated heterocycles. The molecule has 2 aliphatic heterocycles. The zero-order chi connectivity index (χ0) is 12.9. The predicted molar refractivity (Wildman–Crippen MR) is 56.6 cm³/mol. The van der Waals surface area contributed by atoms with E-state index in [1.54, 1.807) is 6.92 Å². The summed E-state index contributed by atoms with van der Waals surface area (Å²) in [6, 6.07) is -0.350. The second-order valence-corrected chi connectivity index (χ2v) is 4.48. The molecule has 0 radical (unpaired) electrons. The summed E-state index contributed by atoms with van der Waals surface area (Å²) in [6.07, 6.45) is -0.795. The van der Waals surface area contributed by atoms with Gasteiger partial charge in [-0.15, -0.1) is 0 Å². The summed E-state index contributed by atoms with van der Waals surface area (Å²) in [5, 5.41) is 19.4. The molecule has 4 unspecified atom stereocenters. The minimum Gasteiger partial charge on any atom is -0.509 e. The van der Waals surface area contributed by atoms with Gasteiger partial charge in [0, 0.05) is 5.92 Å². The fourth-order valence-electron chi connectivity index (χ4n) is 2.62. The number of aliphatic hydroxyl groups is 2. The van der Waals surface area contributed by atoms with Gasteiger partial charge >= 0.3 is 5.97 Å². The van der Waals surface area contributed by atoms with Gasteiger partial charge in [-0.05, 0) is 6.92 Å². The molecule has 4 atom stereocenters. The molecule has 2 heterocycles. The van der Waals surface area contributed by atoms with Crippen LogP contribution in [-0.4, -0.2) is 46.2 Å². The van der Waals surface area contributed by atoms with E-state index in [1.807, 2.05) is 0 Å². The van der Waals surface area contributed by atoms with E-state index in [-0.39, 0.29) is 29.3 Å². The zero-order valence-corrected chi connectivity index (χ0v) is 9.88. The Kier molecular flexibility index (Phi) is 2.61. The number of hydrogen-bond acceptors (Lipinski definition) is 5. The fraction of sp³-hybridized carbons (Fsp3) is 0.636. The molecule has 0 aromatic carbocycles. The number of rotatable bonds is 2. The Balaban J connectivity index is 2.34. The van der Waals surface area contributed by atoms with Crippen molar-refractivity contribution in [1.29, 1.82) is 0 Å². The molecule has 2 N–H and O–H groups in total. The SMILES string of the molecule is COC(=O)C1=C(O)C(C)C2C(C(C)O)C(=O)N12. The normalized spacial score (nSPS) is 33.3. The Hall–Kier alpha value is -1.56. The smallest absolute Gasteiger partial charge is 0.358 e. The minimum atomic E-state index is -0.795. The molecule has 0 bridgehead atoms. The number of carbonyl (C=O) groups excluding carboxylic acids is 2. The molecule has 0 aliphatic carbocycles. The van der Waals surface area contributed by atoms with Crippen molar-refractivity contribution in [3.05, 3.63) is 11.5 Å². The van der Waals surface area contributed by atoms with Gasteiger partial charge in [0.25, 0.3) is 0 Å². The molecule has 17 heavy (non-hydrogen) atoms. The maximum atomic E-state index is 11.8. The quantitative estimate of drug-likeness (QED) is 0.516. The number of hydrogen-bond donors (Lipinski definition) is 2. The van der Waals surface area contributed by atoms with Crippen LogP contribution in [-0.2, 0) is 14.3 Å². The maximum Gasteiger partial charge on any atom is 0.358 e. The second kappa shape index (κ2) is 3.73. The molecular weight excluding hydrogens is 226 g/mol. The molecule has 6 heteroatoms. The number of fused-ring (bicyclic) bond motifs is 1. The lowest BCUT2D eigenvalue weighted by Crippen LogP contribution is -2.63. The van der Waals surface area contributed by atoms with Crippen LogP contribution in [0.5, 0.6) is 0 Å². The number of nitrogens with zero attached hydrogens (tertiary/aromatic N) is 1. The first-order chi connectivity index (χ1) is 7.91. The number of amides is 1. The van der Waals surface area contributed by atoms with Crippen LogP contribution in [0.15, 0.2) is 11.5 Å². The lowest BCUT2D eigenvalue weighted by atomic mass is 9.79. The molecule has 6 nitrogen and oxygen atoms in total. The summed E-state index contributed by atoms with van der Waals surface area (Å²) < 4.78 is 4.54. The first-order valence-electron chi connectivity index (χ1n) is 5.44. The molecule has 0 saturated carbocycles. The van der Waals surface area contributed by atoms with Crippen molar-refractivity contribution in [2.45, 2.75) is 26.0 Å². The van der Waals surface area contributed by atoms with Gasteiger partial charge in [-0.25, -0.2) is 4.79 Å². The highest BCUT2D eigenvalue weighted by atomic mass is 16.5. The standard InChI is InChI=1S/C11H15NO5/c1-4-7-6(5(2)13)10(15)12(7)8(9(4)14)11(16)17-3/h4-7,13-14H,1-3H3. The van der Waals surface area contributed by atoms with Gasteiger partial charge in [0.2, 0.25) is 5.91 Å². The third kappa shape index (κ3) is 1.37. The van der Waals surface area contributed by atoms with Crippen LogP contribution >= 0.6 is 0 Å². The molecule has 2 rings (SSSR count). The summed E-state index contributed by atoms with van der Waals surface area (Å²) in [4.78, 5) is 24.5. The lowest BCUT2D eigenvalue weighted by Gasteiger charge is -2.46. The Labute approximate surface area is 98.5 Å². The van der Waals surface area contributed by atoms with Crippen molar-refractivity contribution >= 4 is 11.9 Å². The Morgan fingerprint density at radius 2 is 2.12 bits per heavy atom. The summed E-state index contributed by atoms with van der Waals surface area (Å²) in [5.41, 5.74) is -0.0908. The van der Waals surface area contributed by atoms with Crippen LogP contribution in [0.3, 0.4) is 0 Å². The highest BCUT2D eigenvalue weighted by Gasteiger charge is 2.60. The maximum absolute atomic E-state index is 11.8. The number of methoxy groups -OCH3 is 1. The minimum absolute atomic E-state index is 0.0908. The van der Waals surface area contributed by atoms with Gasteiger partial charge < -0.3 is 14.9 Å². The van der Waals surface area contributed by atoms with E-state index in [0.717, 1.165) is 0 Å². The van der Waals surface area contributed by atoms with Crippen LogP contribution in [0, 0.1) is 11.8 Å². The van der Waals surface area contributed by atoms with Crippen LogP contribution in [0.1, 0.15) is 13.8 Å². The monoisotopic (exact) mass is 241 g/mol. The fourth-order valence-corrected chi connectivity index (χ4v) is 2.62. The van der Waals surface area contributed by atoms with Crippen molar-refractivity contribution in [1.82, 2.24) is 4.90 Å². The van der Waals surface area contributed by atoms with Crippen molar-refractivity contribution in [2.75, 3.05) is 7.11 Å². The van der Waals surface area contributed by atoms with Crippen molar-refractivity contribution < 1.29 is 24.5 Å². The molecule has 94 valence electrons. The van der Waals surface area contributed by atoms with Gasteiger partial charge in [0.15, 0.2) is 5.70 Å². The van der Waals surface area contributed by atoms with Crippen molar-refractivity contribution in [3.63, 3.8) is 0 Å². The van der Waals surface area contributed by atoms with Gasteiger partial charge in [0.1, 0.15) is 5.76 Å². The average molecular weight is 241 g/mol. The highest BCUT2D eigenvalue weighted by Crippen LogP contribution is 2.46. The predicted octanol–water partition coefficient (Wildman–Crippen LogP) is -0.214. The first kappa shape index (κ1) is 11.9. The number of ether oxygens (including phenoxy) is 1. The van der Waals surface area contributed by atoms with E-state index in [9.17, 15) is 19.8 Å². The topological polar surface area (TPSA) is 87.1 Å². The van der Waals surface area contributed by atoms with Crippen LogP contribution in [0.25, 0.3) is 0 Å². The van der Waals surface area contributed by atoms with E-state index in [1.165, 1.54) is 18.9 Å². The van der Waals surface area contributed by atoms with Gasteiger partial charge in [-0.2, -0.15) is 0 Å². The van der Waals surface area contributed by atoms with E-state index >= 15 is 0 Å². The molecular formula is C11H15NO5. The molecule has 0 aromatic rings. The summed E-state index contributed by atoms with van der Waals surface area (Å²) in [7, 11) is 1.19. The van der Waals surface area contributed by atoms with E-state index < -0.39 is 18.0 Å². The Bertz CT molecular complexity index is 414. The van der Waals surface area contributed by atoms with Crippen LogP contribution in [0.2, 0.25) is 0 Å². The van der Waals surface area contributed by atoms with Gasteiger partial charge in [-0.1, -0.05) is 6.92 Å². The number of carbonyl (C=O) groups is 2. The van der Waals surface area contributed by atoms with E-state index in [2.05, 4.69) is 4.74 Å². The van der Waals surface area contributed by atoms with Crippen LogP contribution < -0.4 is 0 Å². The number of β-lactam (4-membered cyclic amide) rings is 1. The van der Waals surface area contributed by atoms with Gasteiger partial charge in [-0.3, -0.25) is 9.69 Å².